The fourth-order valence-corrected chi connectivity index (χ4v) is 4.04. The molecule has 0 bridgehead atoms. The third-order valence-corrected chi connectivity index (χ3v) is 5.58. The number of benzene rings is 2. The standard InChI is InChI=1S/C17H14N4O4S2/c1-25-14-7-6-11(8-13(14)21(23)24)9-18-20-16(22)10-26-17-19-12-4-2-3-5-15(12)27-17/h2-9H,10H2,1H3,(H,20,22)/b18-9+. The van der Waals surface area contributed by atoms with E-state index < -0.39 is 4.92 Å². The van der Waals surface area contributed by atoms with Crippen LogP contribution in [0.25, 0.3) is 10.2 Å². The Bertz CT molecular complexity index is 986. The van der Waals surface area contributed by atoms with Gasteiger partial charge in [0.15, 0.2) is 10.1 Å². The van der Waals surface area contributed by atoms with Crippen LogP contribution in [0, 0.1) is 10.1 Å². The zero-order valence-corrected chi connectivity index (χ0v) is 15.8. The van der Waals surface area contributed by atoms with Crippen LogP contribution >= 0.6 is 23.1 Å². The van der Waals surface area contributed by atoms with Crippen LogP contribution in [0.15, 0.2) is 51.9 Å². The van der Waals surface area contributed by atoms with Crippen LogP contribution < -0.4 is 10.2 Å². The summed E-state index contributed by atoms with van der Waals surface area (Å²) in [5.74, 6) is 0.0341. The number of methoxy groups -OCH3 is 1. The lowest BCUT2D eigenvalue weighted by Crippen LogP contribution is -2.19. The summed E-state index contributed by atoms with van der Waals surface area (Å²) < 4.78 is 6.81. The van der Waals surface area contributed by atoms with Crippen LogP contribution in [-0.4, -0.2) is 34.9 Å². The number of rotatable bonds is 7. The van der Waals surface area contributed by atoms with Gasteiger partial charge in [0.1, 0.15) is 0 Å². The largest absolute Gasteiger partial charge is 0.490 e. The number of hydrogen-bond acceptors (Lipinski definition) is 8. The summed E-state index contributed by atoms with van der Waals surface area (Å²) in [7, 11) is 1.36. The molecule has 8 nitrogen and oxygen atoms in total. The molecule has 27 heavy (non-hydrogen) atoms. The Balaban J connectivity index is 1.55. The fraction of sp³-hybridized carbons (Fsp3) is 0.118. The number of aromatic nitrogens is 1. The van der Waals surface area contributed by atoms with Gasteiger partial charge in [0.25, 0.3) is 5.91 Å². The molecule has 0 saturated carbocycles. The van der Waals surface area contributed by atoms with Crippen molar-refractivity contribution in [2.75, 3.05) is 12.9 Å². The van der Waals surface area contributed by atoms with Crippen molar-refractivity contribution in [1.82, 2.24) is 10.4 Å². The van der Waals surface area contributed by atoms with Gasteiger partial charge in [0.05, 0.1) is 34.2 Å². The monoisotopic (exact) mass is 402 g/mol. The fourth-order valence-electron chi connectivity index (χ4n) is 2.18. The van der Waals surface area contributed by atoms with Gasteiger partial charge in [-0.05, 0) is 24.3 Å². The van der Waals surface area contributed by atoms with Crippen LogP contribution in [0.4, 0.5) is 5.69 Å². The van der Waals surface area contributed by atoms with Gasteiger partial charge < -0.3 is 4.74 Å². The van der Waals surface area contributed by atoms with Crippen molar-refractivity contribution >= 4 is 51.1 Å². The molecule has 10 heteroatoms. The Morgan fingerprint density at radius 3 is 2.96 bits per heavy atom. The summed E-state index contributed by atoms with van der Waals surface area (Å²) in [4.78, 5) is 26.8. The summed E-state index contributed by atoms with van der Waals surface area (Å²) in [6, 6.07) is 12.2. The average Bonchev–Trinajstić information content (AvgIpc) is 3.09. The second-order valence-corrected chi connectivity index (χ2v) is 7.47. The molecule has 1 amide bonds. The minimum absolute atomic E-state index is 0.161. The van der Waals surface area contributed by atoms with E-state index in [0.29, 0.717) is 5.56 Å². The van der Waals surface area contributed by atoms with Crippen molar-refractivity contribution in [1.29, 1.82) is 0 Å². The molecule has 0 radical (unpaired) electrons. The molecule has 0 unspecified atom stereocenters. The van der Waals surface area contributed by atoms with E-state index in [-0.39, 0.29) is 23.1 Å². The van der Waals surface area contributed by atoms with Crippen molar-refractivity contribution < 1.29 is 14.5 Å². The molecular weight excluding hydrogens is 388 g/mol. The van der Waals surface area contributed by atoms with Crippen LogP contribution in [0.3, 0.4) is 0 Å². The number of hydrogen-bond donors (Lipinski definition) is 1. The molecule has 0 fully saturated rings. The van der Waals surface area contributed by atoms with Gasteiger partial charge in [-0.15, -0.1) is 11.3 Å². The van der Waals surface area contributed by atoms with Gasteiger partial charge in [-0.1, -0.05) is 23.9 Å². The van der Waals surface area contributed by atoms with Crippen molar-refractivity contribution in [3.05, 3.63) is 58.1 Å². The van der Waals surface area contributed by atoms with Crippen molar-refractivity contribution in [2.45, 2.75) is 4.34 Å². The van der Waals surface area contributed by atoms with Gasteiger partial charge in [-0.25, -0.2) is 10.4 Å². The van der Waals surface area contributed by atoms with Crippen LogP contribution in [0.2, 0.25) is 0 Å². The minimum atomic E-state index is -0.538. The predicted octanol–water partition coefficient (Wildman–Crippen LogP) is 3.46. The average molecular weight is 402 g/mol. The SMILES string of the molecule is COc1ccc(/C=N/NC(=O)CSc2nc3ccccc3s2)cc1[N+](=O)[O-]. The van der Waals surface area contributed by atoms with E-state index in [1.54, 1.807) is 6.07 Å². The summed E-state index contributed by atoms with van der Waals surface area (Å²) in [6.45, 7) is 0. The highest BCUT2D eigenvalue weighted by Crippen LogP contribution is 2.29. The lowest BCUT2D eigenvalue weighted by molar-refractivity contribution is -0.385. The van der Waals surface area contributed by atoms with E-state index in [0.717, 1.165) is 14.6 Å². The van der Waals surface area contributed by atoms with Crippen LogP contribution in [-0.2, 0) is 4.79 Å². The Morgan fingerprint density at radius 2 is 2.22 bits per heavy atom. The van der Waals surface area contributed by atoms with Crippen LogP contribution in [0.5, 0.6) is 5.75 Å². The number of nitrogens with one attached hydrogen (secondary N) is 1. The van der Waals surface area contributed by atoms with Gasteiger partial charge in [-0.2, -0.15) is 5.10 Å². The number of amides is 1. The van der Waals surface area contributed by atoms with E-state index in [9.17, 15) is 14.9 Å². The highest BCUT2D eigenvalue weighted by molar-refractivity contribution is 8.01. The van der Waals surface area contributed by atoms with Crippen molar-refractivity contribution in [2.24, 2.45) is 5.10 Å². The highest BCUT2D eigenvalue weighted by atomic mass is 32.2. The van der Waals surface area contributed by atoms with Gasteiger partial charge in [0.2, 0.25) is 0 Å². The second kappa shape index (κ2) is 8.60. The third-order valence-electron chi connectivity index (χ3n) is 3.40. The summed E-state index contributed by atoms with van der Waals surface area (Å²) in [6.07, 6.45) is 1.34. The first-order valence-electron chi connectivity index (χ1n) is 7.69. The van der Waals surface area contributed by atoms with E-state index in [4.69, 9.17) is 4.74 Å². The highest BCUT2D eigenvalue weighted by Gasteiger charge is 2.14. The molecule has 138 valence electrons. The van der Waals surface area contributed by atoms with E-state index in [2.05, 4.69) is 15.5 Å². The maximum Gasteiger partial charge on any atom is 0.311 e. The van der Waals surface area contributed by atoms with Gasteiger partial charge in [0, 0.05) is 11.6 Å². The molecule has 0 aliphatic carbocycles. The molecule has 1 N–H and O–H groups in total. The molecule has 1 heterocycles. The molecule has 0 aliphatic heterocycles. The number of thioether (sulfide) groups is 1. The Labute approximate surface area is 162 Å². The number of thiazole rings is 1. The first-order valence-corrected chi connectivity index (χ1v) is 9.50. The molecule has 0 saturated heterocycles. The summed E-state index contributed by atoms with van der Waals surface area (Å²) in [5, 5.41) is 14.8. The Hall–Kier alpha value is -2.98. The Morgan fingerprint density at radius 1 is 1.41 bits per heavy atom. The maximum absolute atomic E-state index is 11.9. The number of para-hydroxylation sites is 1. The number of hydrazone groups is 1. The molecule has 0 aliphatic rings. The molecule has 3 aromatic rings. The van der Waals surface area contributed by atoms with Gasteiger partial charge in [-0.3, -0.25) is 14.9 Å². The number of nitro groups is 1. The van der Waals surface area contributed by atoms with Crippen molar-refractivity contribution in [3.63, 3.8) is 0 Å². The Kier molecular flexibility index (Phi) is 5.99. The molecule has 3 rings (SSSR count). The zero-order chi connectivity index (χ0) is 19.2. The zero-order valence-electron chi connectivity index (χ0n) is 14.1. The number of carbonyl (C=O) groups is 1. The normalized spacial score (nSPS) is 11.0. The van der Waals surface area contributed by atoms with E-state index >= 15 is 0 Å². The number of carbonyl (C=O) groups excluding carboxylic acids is 1. The molecule has 0 spiro atoms. The topological polar surface area (TPSA) is 107 Å². The number of fused-ring (bicyclic) bond motifs is 1. The quantitative estimate of drug-likeness (QED) is 0.281. The lowest BCUT2D eigenvalue weighted by Gasteiger charge is -2.02. The maximum atomic E-state index is 11.9. The summed E-state index contributed by atoms with van der Waals surface area (Å²) >= 11 is 2.85. The lowest BCUT2D eigenvalue weighted by atomic mass is 10.2. The van der Waals surface area contributed by atoms with Crippen molar-refractivity contribution in [3.8, 4) is 5.75 Å². The van der Waals surface area contributed by atoms with E-state index in [1.165, 1.54) is 48.6 Å². The number of ether oxygens (including phenoxy) is 1. The third kappa shape index (κ3) is 4.80. The summed E-state index contributed by atoms with van der Waals surface area (Å²) in [5.41, 5.74) is 3.61. The molecule has 0 atom stereocenters. The number of nitrogens with zero attached hydrogens (tertiary/aromatic N) is 3. The molecule has 1 aromatic heterocycles. The second-order valence-electron chi connectivity index (χ2n) is 5.22. The number of nitro benzene ring substituents is 1. The minimum Gasteiger partial charge on any atom is -0.490 e. The molecule has 2 aromatic carbocycles. The predicted molar refractivity (Wildman–Crippen MR) is 106 cm³/mol. The first kappa shape index (κ1) is 18.8. The van der Waals surface area contributed by atoms with Crippen LogP contribution in [0.1, 0.15) is 5.56 Å². The van der Waals surface area contributed by atoms with Gasteiger partial charge >= 0.3 is 5.69 Å². The first-order chi connectivity index (χ1) is 13.1. The molecular formula is C17H14N4O4S2. The smallest absolute Gasteiger partial charge is 0.311 e. The van der Waals surface area contributed by atoms with E-state index in [1.807, 2.05) is 24.3 Å².